The van der Waals surface area contributed by atoms with Crippen LogP contribution in [0.15, 0.2) is 18.2 Å². The Labute approximate surface area is 80.2 Å². The van der Waals surface area contributed by atoms with Crippen LogP contribution in [-0.2, 0) is 19.5 Å². The van der Waals surface area contributed by atoms with Gasteiger partial charge in [0, 0.05) is 13.1 Å². The lowest BCUT2D eigenvalue weighted by Crippen LogP contribution is -2.01. The number of hydrogen-bond donors (Lipinski definition) is 1. The van der Waals surface area contributed by atoms with Crippen LogP contribution in [0.4, 0.5) is 0 Å². The van der Waals surface area contributed by atoms with Crippen molar-refractivity contribution in [3.8, 4) is 0 Å². The van der Waals surface area contributed by atoms with Crippen molar-refractivity contribution in [2.75, 3.05) is 0 Å². The Morgan fingerprint density at radius 1 is 1.31 bits per heavy atom. The van der Waals surface area contributed by atoms with Gasteiger partial charge in [-0.3, -0.25) is 0 Å². The van der Waals surface area contributed by atoms with Crippen LogP contribution < -0.4 is 5.32 Å². The second kappa shape index (κ2) is 3.93. The van der Waals surface area contributed by atoms with Gasteiger partial charge in [-0.2, -0.15) is 0 Å². The Morgan fingerprint density at radius 2 is 2.23 bits per heavy atom. The molecule has 1 aromatic carbocycles. The molecule has 0 fully saturated rings. The Balaban J connectivity index is 2.20. The number of unbranched alkanes of at least 4 members (excludes halogenated alkanes) is 1. The average molecular weight is 175 g/mol. The van der Waals surface area contributed by atoms with Gasteiger partial charge in [0.05, 0.1) is 0 Å². The fraction of sp³-hybridized carbons (Fsp3) is 0.500. The summed E-state index contributed by atoms with van der Waals surface area (Å²) in [6.07, 6.45) is 3.86. The van der Waals surface area contributed by atoms with E-state index in [-0.39, 0.29) is 0 Å². The molecule has 0 amide bonds. The van der Waals surface area contributed by atoms with Crippen molar-refractivity contribution in [3.05, 3.63) is 34.9 Å². The van der Waals surface area contributed by atoms with Crippen molar-refractivity contribution < 1.29 is 0 Å². The Bertz CT molecular complexity index is 291. The van der Waals surface area contributed by atoms with E-state index in [2.05, 4.69) is 30.4 Å². The third kappa shape index (κ3) is 1.75. The van der Waals surface area contributed by atoms with Crippen molar-refractivity contribution in [2.45, 2.75) is 39.3 Å². The molecule has 0 saturated carbocycles. The third-order valence-electron chi connectivity index (χ3n) is 2.79. The molecule has 0 aromatic heterocycles. The lowest BCUT2D eigenvalue weighted by molar-refractivity contribution is 0.751. The van der Waals surface area contributed by atoms with Gasteiger partial charge in [0.1, 0.15) is 0 Å². The van der Waals surface area contributed by atoms with Gasteiger partial charge in [0.25, 0.3) is 0 Å². The summed E-state index contributed by atoms with van der Waals surface area (Å²) in [7, 11) is 0. The molecule has 0 bridgehead atoms. The van der Waals surface area contributed by atoms with E-state index in [1.54, 1.807) is 11.1 Å². The Kier molecular flexibility index (Phi) is 2.65. The second-order valence-corrected chi connectivity index (χ2v) is 3.76. The fourth-order valence-electron chi connectivity index (χ4n) is 2.00. The highest BCUT2D eigenvalue weighted by Crippen LogP contribution is 2.21. The van der Waals surface area contributed by atoms with E-state index in [9.17, 15) is 0 Å². The van der Waals surface area contributed by atoms with Crippen LogP contribution in [0.3, 0.4) is 0 Å². The van der Waals surface area contributed by atoms with Crippen LogP contribution in [0.5, 0.6) is 0 Å². The number of fused-ring (bicyclic) bond motifs is 1. The molecule has 1 nitrogen and oxygen atoms in total. The predicted molar refractivity (Wildman–Crippen MR) is 55.6 cm³/mol. The monoisotopic (exact) mass is 175 g/mol. The zero-order valence-electron chi connectivity index (χ0n) is 8.27. The maximum Gasteiger partial charge on any atom is 0.0214 e. The lowest BCUT2D eigenvalue weighted by Gasteiger charge is -2.06. The molecule has 0 unspecified atom stereocenters. The van der Waals surface area contributed by atoms with Crippen molar-refractivity contribution in [1.29, 1.82) is 0 Å². The van der Waals surface area contributed by atoms with E-state index in [0.717, 1.165) is 13.1 Å². The van der Waals surface area contributed by atoms with E-state index in [1.807, 2.05) is 0 Å². The number of rotatable bonds is 3. The molecule has 1 heterocycles. The Hall–Kier alpha value is -0.820. The summed E-state index contributed by atoms with van der Waals surface area (Å²) in [6, 6.07) is 6.71. The van der Waals surface area contributed by atoms with Crippen LogP contribution >= 0.6 is 0 Å². The number of hydrogen-bond acceptors (Lipinski definition) is 1. The van der Waals surface area contributed by atoms with Gasteiger partial charge in [-0.1, -0.05) is 31.5 Å². The first-order valence-electron chi connectivity index (χ1n) is 5.22. The fourth-order valence-corrected chi connectivity index (χ4v) is 2.00. The van der Waals surface area contributed by atoms with Crippen molar-refractivity contribution in [1.82, 2.24) is 5.32 Å². The van der Waals surface area contributed by atoms with Gasteiger partial charge in [0.15, 0.2) is 0 Å². The van der Waals surface area contributed by atoms with Gasteiger partial charge in [-0.05, 0) is 29.5 Å². The first kappa shape index (κ1) is 8.76. The third-order valence-corrected chi connectivity index (χ3v) is 2.79. The molecule has 1 N–H and O–H groups in total. The first-order valence-corrected chi connectivity index (χ1v) is 5.22. The molecule has 0 radical (unpaired) electrons. The number of nitrogens with one attached hydrogen (secondary N) is 1. The smallest absolute Gasteiger partial charge is 0.0214 e. The van der Waals surface area contributed by atoms with Crippen molar-refractivity contribution in [3.63, 3.8) is 0 Å². The lowest BCUT2D eigenvalue weighted by atomic mass is 9.99. The highest BCUT2D eigenvalue weighted by atomic mass is 14.9. The summed E-state index contributed by atoms with van der Waals surface area (Å²) < 4.78 is 0. The molecule has 13 heavy (non-hydrogen) atoms. The van der Waals surface area contributed by atoms with Crippen LogP contribution in [0.1, 0.15) is 36.5 Å². The van der Waals surface area contributed by atoms with Gasteiger partial charge < -0.3 is 5.32 Å². The maximum atomic E-state index is 3.40. The van der Waals surface area contributed by atoms with Crippen molar-refractivity contribution >= 4 is 0 Å². The molecule has 1 aliphatic rings. The molecule has 0 aliphatic carbocycles. The van der Waals surface area contributed by atoms with Gasteiger partial charge >= 0.3 is 0 Å². The van der Waals surface area contributed by atoms with E-state index in [4.69, 9.17) is 0 Å². The predicted octanol–water partition coefficient (Wildman–Crippen LogP) is 2.63. The minimum atomic E-state index is 1.06. The summed E-state index contributed by atoms with van der Waals surface area (Å²) in [4.78, 5) is 0. The highest BCUT2D eigenvalue weighted by Gasteiger charge is 2.12. The van der Waals surface area contributed by atoms with E-state index in [0.29, 0.717) is 0 Å². The minimum absolute atomic E-state index is 1.06. The molecule has 0 saturated heterocycles. The van der Waals surface area contributed by atoms with Crippen LogP contribution in [0.2, 0.25) is 0 Å². The van der Waals surface area contributed by atoms with Gasteiger partial charge in [0.2, 0.25) is 0 Å². The highest BCUT2D eigenvalue weighted by molar-refractivity contribution is 5.37. The van der Waals surface area contributed by atoms with Crippen LogP contribution in [0, 0.1) is 0 Å². The summed E-state index contributed by atoms with van der Waals surface area (Å²) in [6.45, 7) is 4.39. The summed E-state index contributed by atoms with van der Waals surface area (Å²) in [5.41, 5.74) is 4.63. The molecule has 0 atom stereocenters. The summed E-state index contributed by atoms with van der Waals surface area (Å²) in [5, 5.41) is 3.40. The van der Waals surface area contributed by atoms with Crippen LogP contribution in [0.25, 0.3) is 0 Å². The van der Waals surface area contributed by atoms with E-state index in [1.165, 1.54) is 24.8 Å². The van der Waals surface area contributed by atoms with Crippen molar-refractivity contribution in [2.24, 2.45) is 0 Å². The SMILES string of the molecule is CCCCc1cccc2c1CNC2. The van der Waals surface area contributed by atoms with Gasteiger partial charge in [-0.15, -0.1) is 0 Å². The largest absolute Gasteiger partial charge is 0.309 e. The molecule has 1 aromatic rings. The van der Waals surface area contributed by atoms with Gasteiger partial charge in [-0.25, -0.2) is 0 Å². The quantitative estimate of drug-likeness (QED) is 0.744. The minimum Gasteiger partial charge on any atom is -0.309 e. The van der Waals surface area contributed by atoms with E-state index < -0.39 is 0 Å². The molecule has 70 valence electrons. The second-order valence-electron chi connectivity index (χ2n) is 3.76. The zero-order chi connectivity index (χ0) is 9.10. The molecule has 1 heteroatoms. The molecular formula is C12H17N. The zero-order valence-corrected chi connectivity index (χ0v) is 8.27. The average Bonchev–Trinajstić information content (AvgIpc) is 2.62. The number of aryl methyl sites for hydroxylation is 1. The summed E-state index contributed by atoms with van der Waals surface area (Å²) in [5.74, 6) is 0. The van der Waals surface area contributed by atoms with E-state index >= 15 is 0 Å². The normalized spacial score (nSPS) is 14.5. The topological polar surface area (TPSA) is 12.0 Å². The molecular weight excluding hydrogens is 158 g/mol. The van der Waals surface area contributed by atoms with Crippen LogP contribution in [-0.4, -0.2) is 0 Å². The molecule has 0 spiro atoms. The Morgan fingerprint density at radius 3 is 3.08 bits per heavy atom. The molecule has 1 aliphatic heterocycles. The molecule has 2 rings (SSSR count). The maximum absolute atomic E-state index is 3.40. The number of benzene rings is 1. The first-order chi connectivity index (χ1) is 6.42. The summed E-state index contributed by atoms with van der Waals surface area (Å²) >= 11 is 0. The standard InChI is InChI=1S/C12H17N/c1-2-3-5-10-6-4-7-11-8-13-9-12(10)11/h4,6-7,13H,2-3,5,8-9H2,1H3.